The van der Waals surface area contributed by atoms with Crippen LogP contribution >= 0.6 is 27.3 Å². The molecule has 4 aromatic rings. The standard InChI is InChI=1S/C19H14BrN3OS/c1-12-11-25-19-22-17(10-23(12)19)13-6-8-14(9-7-13)21-18(24)15-4-2-3-5-16(15)20/h2-11H,1H3,(H,21,24). The number of hydrogen-bond acceptors (Lipinski definition) is 3. The number of imidazole rings is 1. The third-order valence-electron chi connectivity index (χ3n) is 3.95. The van der Waals surface area contributed by atoms with E-state index in [1.807, 2.05) is 48.7 Å². The molecule has 0 bridgehead atoms. The Morgan fingerprint density at radius 3 is 2.64 bits per heavy atom. The number of fused-ring (bicyclic) bond motifs is 1. The van der Waals surface area contributed by atoms with Crippen LogP contribution in [-0.4, -0.2) is 15.3 Å². The summed E-state index contributed by atoms with van der Waals surface area (Å²) in [6, 6.07) is 15.1. The van der Waals surface area contributed by atoms with Crippen LogP contribution in [0, 0.1) is 6.92 Å². The Morgan fingerprint density at radius 1 is 1.16 bits per heavy atom. The Bertz CT molecular complexity index is 1070. The van der Waals surface area contributed by atoms with E-state index < -0.39 is 0 Å². The van der Waals surface area contributed by atoms with Gasteiger partial charge in [0.1, 0.15) is 0 Å². The number of carbonyl (C=O) groups excluding carboxylic acids is 1. The predicted molar refractivity (Wildman–Crippen MR) is 105 cm³/mol. The monoisotopic (exact) mass is 411 g/mol. The summed E-state index contributed by atoms with van der Waals surface area (Å²) in [6.07, 6.45) is 2.04. The van der Waals surface area contributed by atoms with Crippen LogP contribution in [0.25, 0.3) is 16.2 Å². The van der Waals surface area contributed by atoms with Crippen LogP contribution in [0.4, 0.5) is 5.69 Å². The lowest BCUT2D eigenvalue weighted by molar-refractivity contribution is 0.102. The van der Waals surface area contributed by atoms with Crippen LogP contribution in [0.3, 0.4) is 0 Å². The van der Waals surface area contributed by atoms with Gasteiger partial charge in [-0.2, -0.15) is 0 Å². The predicted octanol–water partition coefficient (Wildman–Crippen LogP) is 5.39. The fourth-order valence-electron chi connectivity index (χ4n) is 2.60. The first kappa shape index (κ1) is 16.1. The average Bonchev–Trinajstić information content (AvgIpc) is 3.18. The van der Waals surface area contributed by atoms with Crippen molar-refractivity contribution in [1.82, 2.24) is 9.38 Å². The molecule has 25 heavy (non-hydrogen) atoms. The van der Waals surface area contributed by atoms with Gasteiger partial charge in [0.2, 0.25) is 0 Å². The maximum atomic E-state index is 12.4. The van der Waals surface area contributed by atoms with E-state index >= 15 is 0 Å². The molecule has 0 saturated heterocycles. The molecule has 0 unspecified atom stereocenters. The zero-order valence-electron chi connectivity index (χ0n) is 13.4. The van der Waals surface area contributed by atoms with Crippen molar-refractivity contribution in [3.05, 3.63) is 75.8 Å². The van der Waals surface area contributed by atoms with Gasteiger partial charge in [0.15, 0.2) is 4.96 Å². The molecule has 0 aliphatic carbocycles. The van der Waals surface area contributed by atoms with Gasteiger partial charge in [-0.05, 0) is 47.1 Å². The van der Waals surface area contributed by atoms with Crippen LogP contribution in [-0.2, 0) is 0 Å². The van der Waals surface area contributed by atoms with Crippen molar-refractivity contribution in [2.24, 2.45) is 0 Å². The number of nitrogens with one attached hydrogen (secondary N) is 1. The first-order valence-electron chi connectivity index (χ1n) is 7.71. The molecular formula is C19H14BrN3OS. The van der Waals surface area contributed by atoms with Crippen molar-refractivity contribution < 1.29 is 4.79 Å². The number of carbonyl (C=O) groups is 1. The molecule has 124 valence electrons. The second-order valence-corrected chi connectivity index (χ2v) is 7.36. The highest BCUT2D eigenvalue weighted by atomic mass is 79.9. The van der Waals surface area contributed by atoms with Gasteiger partial charge in [0, 0.05) is 33.0 Å². The van der Waals surface area contributed by atoms with E-state index in [0.717, 1.165) is 26.4 Å². The van der Waals surface area contributed by atoms with Gasteiger partial charge in [0.05, 0.1) is 11.3 Å². The second-order valence-electron chi connectivity index (χ2n) is 5.67. The number of aromatic nitrogens is 2. The van der Waals surface area contributed by atoms with Gasteiger partial charge in [-0.3, -0.25) is 9.20 Å². The van der Waals surface area contributed by atoms with E-state index in [1.54, 1.807) is 17.4 Å². The van der Waals surface area contributed by atoms with E-state index in [2.05, 4.69) is 42.9 Å². The summed E-state index contributed by atoms with van der Waals surface area (Å²) in [4.78, 5) is 18.0. The molecule has 2 heterocycles. The number of nitrogens with zero attached hydrogens (tertiary/aromatic N) is 2. The Hall–Kier alpha value is -2.44. The largest absolute Gasteiger partial charge is 0.322 e. The van der Waals surface area contributed by atoms with E-state index in [9.17, 15) is 4.79 Å². The third-order valence-corrected chi connectivity index (χ3v) is 5.59. The van der Waals surface area contributed by atoms with Gasteiger partial charge in [0.25, 0.3) is 5.91 Å². The molecule has 2 aromatic heterocycles. The lowest BCUT2D eigenvalue weighted by Crippen LogP contribution is -2.12. The number of anilines is 1. The minimum atomic E-state index is -0.140. The highest BCUT2D eigenvalue weighted by Crippen LogP contribution is 2.25. The van der Waals surface area contributed by atoms with Crippen molar-refractivity contribution in [3.63, 3.8) is 0 Å². The van der Waals surface area contributed by atoms with E-state index in [0.29, 0.717) is 5.56 Å². The van der Waals surface area contributed by atoms with Crippen molar-refractivity contribution in [2.45, 2.75) is 6.92 Å². The summed E-state index contributed by atoms with van der Waals surface area (Å²) in [5.74, 6) is -0.140. The fourth-order valence-corrected chi connectivity index (χ4v) is 3.92. The normalized spacial score (nSPS) is 11.0. The molecule has 4 rings (SSSR count). The highest BCUT2D eigenvalue weighted by molar-refractivity contribution is 9.10. The molecule has 0 radical (unpaired) electrons. The quantitative estimate of drug-likeness (QED) is 0.491. The minimum Gasteiger partial charge on any atom is -0.322 e. The van der Waals surface area contributed by atoms with Gasteiger partial charge in [-0.25, -0.2) is 4.98 Å². The van der Waals surface area contributed by atoms with Crippen molar-refractivity contribution >= 4 is 43.8 Å². The Kier molecular flexibility index (Phi) is 4.15. The highest BCUT2D eigenvalue weighted by Gasteiger charge is 2.11. The van der Waals surface area contributed by atoms with Gasteiger partial charge in [-0.1, -0.05) is 24.3 Å². The molecule has 6 heteroatoms. The summed E-state index contributed by atoms with van der Waals surface area (Å²) >= 11 is 5.03. The summed E-state index contributed by atoms with van der Waals surface area (Å²) in [5.41, 5.74) is 4.49. The summed E-state index contributed by atoms with van der Waals surface area (Å²) < 4.78 is 2.86. The summed E-state index contributed by atoms with van der Waals surface area (Å²) in [5, 5.41) is 5.01. The lowest BCUT2D eigenvalue weighted by atomic mass is 10.1. The molecule has 0 aliphatic rings. The Morgan fingerprint density at radius 2 is 1.92 bits per heavy atom. The SMILES string of the molecule is Cc1csc2nc(-c3ccc(NC(=O)c4ccccc4Br)cc3)cn12. The Balaban J connectivity index is 1.55. The van der Waals surface area contributed by atoms with Gasteiger partial charge < -0.3 is 5.32 Å². The molecule has 1 amide bonds. The maximum absolute atomic E-state index is 12.4. The molecule has 1 N–H and O–H groups in total. The Labute approximate surface area is 157 Å². The van der Waals surface area contributed by atoms with Crippen LogP contribution in [0.15, 0.2) is 64.6 Å². The van der Waals surface area contributed by atoms with E-state index in [1.165, 1.54) is 5.69 Å². The second kappa shape index (κ2) is 6.46. The van der Waals surface area contributed by atoms with Gasteiger partial charge in [-0.15, -0.1) is 11.3 Å². The maximum Gasteiger partial charge on any atom is 0.256 e. The number of amides is 1. The van der Waals surface area contributed by atoms with Crippen LogP contribution in [0.5, 0.6) is 0 Å². The first-order chi connectivity index (χ1) is 12.1. The molecule has 0 spiro atoms. The number of halogens is 1. The van der Waals surface area contributed by atoms with Crippen LogP contribution in [0.2, 0.25) is 0 Å². The van der Waals surface area contributed by atoms with E-state index in [4.69, 9.17) is 0 Å². The average molecular weight is 412 g/mol. The summed E-state index contributed by atoms with van der Waals surface area (Å²) in [7, 11) is 0. The number of thiazole rings is 1. The van der Waals surface area contributed by atoms with Crippen molar-refractivity contribution in [3.8, 4) is 11.3 Å². The number of benzene rings is 2. The zero-order chi connectivity index (χ0) is 17.4. The van der Waals surface area contributed by atoms with Crippen LogP contribution < -0.4 is 5.32 Å². The number of rotatable bonds is 3. The summed E-state index contributed by atoms with van der Waals surface area (Å²) in [6.45, 7) is 2.06. The number of aryl methyl sites for hydroxylation is 1. The molecule has 2 aromatic carbocycles. The molecule has 0 atom stereocenters. The molecular weight excluding hydrogens is 398 g/mol. The molecule has 0 saturated carbocycles. The molecule has 0 aliphatic heterocycles. The molecule has 0 fully saturated rings. The van der Waals surface area contributed by atoms with E-state index in [-0.39, 0.29) is 5.91 Å². The fraction of sp³-hybridized carbons (Fsp3) is 0.0526. The van der Waals surface area contributed by atoms with Crippen molar-refractivity contribution in [1.29, 1.82) is 0 Å². The smallest absolute Gasteiger partial charge is 0.256 e. The zero-order valence-corrected chi connectivity index (χ0v) is 15.8. The lowest BCUT2D eigenvalue weighted by Gasteiger charge is -2.07. The molecule has 4 nitrogen and oxygen atoms in total. The first-order valence-corrected chi connectivity index (χ1v) is 9.38. The van der Waals surface area contributed by atoms with Crippen LogP contribution in [0.1, 0.15) is 16.1 Å². The minimum absolute atomic E-state index is 0.140. The number of hydrogen-bond donors (Lipinski definition) is 1. The third kappa shape index (κ3) is 3.10. The van der Waals surface area contributed by atoms with Crippen molar-refractivity contribution in [2.75, 3.05) is 5.32 Å². The topological polar surface area (TPSA) is 46.4 Å². The van der Waals surface area contributed by atoms with Gasteiger partial charge >= 0.3 is 0 Å².